The Hall–Kier alpha value is -0.0100. The number of rotatable bonds is 2. The quantitative estimate of drug-likeness (QED) is 0.726. The molecule has 0 unspecified atom stereocenters. The minimum absolute atomic E-state index is 0.737. The lowest BCUT2D eigenvalue weighted by molar-refractivity contribution is 0.917. The van der Waals surface area contributed by atoms with Crippen LogP contribution in [0.2, 0.25) is 5.02 Å². The van der Waals surface area contributed by atoms with Crippen LogP contribution in [0.5, 0.6) is 0 Å². The van der Waals surface area contributed by atoms with Crippen molar-refractivity contribution in [1.82, 2.24) is 0 Å². The van der Waals surface area contributed by atoms with E-state index in [9.17, 15) is 0 Å². The van der Waals surface area contributed by atoms with E-state index in [0.717, 1.165) is 27.9 Å². The minimum Gasteiger partial charge on any atom is -0.0833 e. The molecule has 0 aliphatic rings. The number of halogens is 2. The summed E-state index contributed by atoms with van der Waals surface area (Å²) in [5.41, 5.74) is 1.16. The molecule has 0 aromatic heterocycles. The second-order valence-corrected chi connectivity index (χ2v) is 3.60. The van der Waals surface area contributed by atoms with Crippen LogP contribution in [0, 0.1) is 6.07 Å². The topological polar surface area (TPSA) is 0 Å². The van der Waals surface area contributed by atoms with Crippen LogP contribution in [0.4, 0.5) is 0 Å². The summed E-state index contributed by atoms with van der Waals surface area (Å²) in [5, 5.41) is 0.737. The van der Waals surface area contributed by atoms with E-state index >= 15 is 0 Å². The molecule has 0 nitrogen and oxygen atoms in total. The average Bonchev–Trinajstić information content (AvgIpc) is 1.97. The van der Waals surface area contributed by atoms with E-state index in [1.54, 1.807) is 0 Å². The third kappa shape index (κ3) is 2.21. The molecule has 0 aliphatic carbocycles. The summed E-state index contributed by atoms with van der Waals surface area (Å²) < 4.78 is 1.09. The third-order valence-corrected chi connectivity index (χ3v) is 2.57. The van der Waals surface area contributed by atoms with Gasteiger partial charge in [-0.3, -0.25) is 0 Å². The van der Waals surface area contributed by atoms with Gasteiger partial charge in [-0.05, 0) is 18.1 Å². The fourth-order valence-electron chi connectivity index (χ4n) is 0.960. The van der Waals surface area contributed by atoms with Gasteiger partial charge in [0.1, 0.15) is 0 Å². The molecule has 11 heavy (non-hydrogen) atoms. The Morgan fingerprint density at radius 1 is 1.64 bits per heavy atom. The van der Waals surface area contributed by atoms with Crippen molar-refractivity contribution in [3.8, 4) is 0 Å². The predicted octanol–water partition coefficient (Wildman–Crippen LogP) is 3.86. The summed E-state index contributed by atoms with van der Waals surface area (Å²) in [6.45, 7) is 2.13. The van der Waals surface area contributed by atoms with Crippen molar-refractivity contribution in [1.29, 1.82) is 0 Å². The van der Waals surface area contributed by atoms with Crippen LogP contribution in [0.3, 0.4) is 0 Å². The van der Waals surface area contributed by atoms with Gasteiger partial charge in [-0.2, -0.15) is 0 Å². The maximum Gasteiger partial charge on any atom is 0.0528 e. The van der Waals surface area contributed by atoms with E-state index < -0.39 is 0 Å². The third-order valence-electron chi connectivity index (χ3n) is 1.49. The normalized spacial score (nSPS) is 10.1. The molecule has 2 heteroatoms. The second-order valence-electron chi connectivity index (χ2n) is 2.37. The molecule has 1 aromatic rings. The molecule has 0 aliphatic heterocycles. The second kappa shape index (κ2) is 4.13. The molecule has 1 radical (unpaired) electrons. The smallest absolute Gasteiger partial charge is 0.0528 e. The van der Waals surface area contributed by atoms with Crippen molar-refractivity contribution in [2.24, 2.45) is 0 Å². The largest absolute Gasteiger partial charge is 0.0833 e. The van der Waals surface area contributed by atoms with Gasteiger partial charge in [0, 0.05) is 10.5 Å². The molecule has 59 valence electrons. The van der Waals surface area contributed by atoms with Crippen LogP contribution in [-0.2, 0) is 6.42 Å². The number of benzene rings is 1. The zero-order valence-corrected chi connectivity index (χ0v) is 8.67. The van der Waals surface area contributed by atoms with Gasteiger partial charge in [-0.15, -0.1) is 0 Å². The highest BCUT2D eigenvalue weighted by atomic mass is 79.9. The minimum atomic E-state index is 0.737. The molecule has 0 amide bonds. The summed E-state index contributed by atoms with van der Waals surface area (Å²) in [6.07, 6.45) is 2.12. The zero-order chi connectivity index (χ0) is 8.27. The van der Waals surface area contributed by atoms with Gasteiger partial charge in [-0.25, -0.2) is 0 Å². The Morgan fingerprint density at radius 2 is 2.36 bits per heavy atom. The monoisotopic (exact) mass is 231 g/mol. The highest BCUT2D eigenvalue weighted by Crippen LogP contribution is 2.25. The van der Waals surface area contributed by atoms with Gasteiger partial charge in [0.05, 0.1) is 5.02 Å². The molecule has 1 rings (SSSR count). The molecule has 0 saturated heterocycles. The molecule has 1 aromatic carbocycles. The van der Waals surface area contributed by atoms with Crippen LogP contribution in [0.25, 0.3) is 0 Å². The first-order chi connectivity index (χ1) is 5.25. The molecule has 0 fully saturated rings. The predicted molar refractivity (Wildman–Crippen MR) is 52.0 cm³/mol. The van der Waals surface area contributed by atoms with Crippen LogP contribution in [0.15, 0.2) is 16.6 Å². The Kier molecular flexibility index (Phi) is 3.41. The van der Waals surface area contributed by atoms with E-state index in [0.29, 0.717) is 0 Å². The highest BCUT2D eigenvalue weighted by Gasteiger charge is 2.02. The SMILES string of the molecule is CCCc1c(Cl)[c]ccc1Br. The van der Waals surface area contributed by atoms with E-state index in [2.05, 4.69) is 28.9 Å². The lowest BCUT2D eigenvalue weighted by Gasteiger charge is -2.03. The van der Waals surface area contributed by atoms with Crippen molar-refractivity contribution >= 4 is 27.5 Å². The maximum atomic E-state index is 5.92. The van der Waals surface area contributed by atoms with E-state index in [1.807, 2.05) is 12.1 Å². The Morgan fingerprint density at radius 3 is 2.91 bits per heavy atom. The Labute approximate surface area is 80.7 Å². The van der Waals surface area contributed by atoms with E-state index in [-0.39, 0.29) is 0 Å². The molecule has 0 saturated carbocycles. The fraction of sp³-hybridized carbons (Fsp3) is 0.333. The molecule has 0 spiro atoms. The van der Waals surface area contributed by atoms with Crippen LogP contribution >= 0.6 is 27.5 Å². The maximum absolute atomic E-state index is 5.92. The number of hydrogen-bond donors (Lipinski definition) is 0. The van der Waals surface area contributed by atoms with Gasteiger partial charge >= 0.3 is 0 Å². The Bertz CT molecular complexity index is 225. The summed E-state index contributed by atoms with van der Waals surface area (Å²) in [7, 11) is 0. The molecule has 0 heterocycles. The van der Waals surface area contributed by atoms with Crippen molar-refractivity contribution in [2.75, 3.05) is 0 Å². The fourth-order valence-corrected chi connectivity index (χ4v) is 1.86. The first-order valence-corrected chi connectivity index (χ1v) is 4.77. The van der Waals surface area contributed by atoms with Gasteiger partial charge in [0.15, 0.2) is 0 Å². The van der Waals surface area contributed by atoms with Crippen LogP contribution < -0.4 is 0 Å². The van der Waals surface area contributed by atoms with E-state index in [4.69, 9.17) is 11.6 Å². The van der Waals surface area contributed by atoms with Crippen molar-refractivity contribution in [2.45, 2.75) is 19.8 Å². The average molecular weight is 233 g/mol. The van der Waals surface area contributed by atoms with Gasteiger partial charge in [-0.1, -0.05) is 46.9 Å². The molecular formula is C9H9BrCl. The lowest BCUT2D eigenvalue weighted by atomic mass is 10.1. The molecule has 0 bridgehead atoms. The van der Waals surface area contributed by atoms with Crippen LogP contribution in [-0.4, -0.2) is 0 Å². The summed E-state index contributed by atoms with van der Waals surface area (Å²) in [4.78, 5) is 0. The summed E-state index contributed by atoms with van der Waals surface area (Å²) in [6, 6.07) is 6.76. The van der Waals surface area contributed by atoms with E-state index in [1.165, 1.54) is 0 Å². The standard InChI is InChI=1S/C9H9BrCl/c1-2-4-7-8(10)5-3-6-9(7)11/h3,5H,2,4H2,1H3. The Balaban J connectivity index is 3.00. The van der Waals surface area contributed by atoms with Gasteiger partial charge in [0.2, 0.25) is 0 Å². The van der Waals surface area contributed by atoms with Crippen molar-refractivity contribution in [3.63, 3.8) is 0 Å². The van der Waals surface area contributed by atoms with Crippen molar-refractivity contribution < 1.29 is 0 Å². The van der Waals surface area contributed by atoms with Gasteiger partial charge < -0.3 is 0 Å². The summed E-state index contributed by atoms with van der Waals surface area (Å²) >= 11 is 9.37. The molecular weight excluding hydrogens is 223 g/mol. The van der Waals surface area contributed by atoms with Gasteiger partial charge in [0.25, 0.3) is 0 Å². The van der Waals surface area contributed by atoms with Crippen LogP contribution in [0.1, 0.15) is 18.9 Å². The van der Waals surface area contributed by atoms with Crippen molar-refractivity contribution in [3.05, 3.63) is 33.3 Å². The first kappa shape index (κ1) is 9.08. The molecule has 0 N–H and O–H groups in total. The zero-order valence-electron chi connectivity index (χ0n) is 6.32. The number of hydrogen-bond acceptors (Lipinski definition) is 0. The highest BCUT2D eigenvalue weighted by molar-refractivity contribution is 9.10. The first-order valence-electron chi connectivity index (χ1n) is 3.60. The molecule has 0 atom stereocenters. The lowest BCUT2D eigenvalue weighted by Crippen LogP contribution is -1.86. The summed E-state index contributed by atoms with van der Waals surface area (Å²) in [5.74, 6) is 0.